The van der Waals surface area contributed by atoms with Crippen molar-refractivity contribution in [3.8, 4) is 28.3 Å². The fourth-order valence-corrected chi connectivity index (χ4v) is 3.60. The van der Waals surface area contributed by atoms with Gasteiger partial charge in [-0.3, -0.25) is 9.97 Å². The van der Waals surface area contributed by atoms with Crippen LogP contribution in [-0.4, -0.2) is 30.2 Å². The fraction of sp³-hybridized carbons (Fsp3) is 0.227. The molecule has 0 unspecified atom stereocenters. The molecule has 3 aromatic rings. The summed E-state index contributed by atoms with van der Waals surface area (Å²) < 4.78 is 9.99. The normalized spacial score (nSPS) is 12.5. The summed E-state index contributed by atoms with van der Waals surface area (Å²) in [6, 6.07) is 11.6. The highest BCUT2D eigenvalue weighted by molar-refractivity contribution is 5.89. The Morgan fingerprint density at radius 1 is 0.926 bits per heavy atom. The van der Waals surface area contributed by atoms with Crippen LogP contribution in [-0.2, 0) is 17.6 Å². The second-order valence-corrected chi connectivity index (χ2v) is 6.48. The molecule has 0 saturated carbocycles. The van der Waals surface area contributed by atoms with Gasteiger partial charge in [0, 0.05) is 18.0 Å². The van der Waals surface area contributed by atoms with Gasteiger partial charge in [-0.15, -0.1) is 0 Å². The number of hydrogen-bond donors (Lipinski definition) is 0. The predicted octanol–water partition coefficient (Wildman–Crippen LogP) is 4.09. The molecule has 0 fully saturated rings. The van der Waals surface area contributed by atoms with Crippen LogP contribution in [0.1, 0.15) is 27.9 Å². The minimum absolute atomic E-state index is 0.387. The topological polar surface area (TPSA) is 61.3 Å². The molecule has 0 saturated heterocycles. The number of esters is 1. The zero-order chi connectivity index (χ0) is 18.8. The molecular formula is C22H20N2O3. The third-order valence-electron chi connectivity index (χ3n) is 4.98. The third kappa shape index (κ3) is 3.16. The summed E-state index contributed by atoms with van der Waals surface area (Å²) in [5.41, 5.74) is 7.01. The van der Waals surface area contributed by atoms with Crippen LogP contribution in [0.4, 0.5) is 0 Å². The van der Waals surface area contributed by atoms with E-state index >= 15 is 0 Å². The van der Waals surface area contributed by atoms with Crippen molar-refractivity contribution >= 4 is 5.97 Å². The average Bonchev–Trinajstić information content (AvgIpc) is 3.23. The van der Waals surface area contributed by atoms with Gasteiger partial charge in [0.15, 0.2) is 0 Å². The first-order valence-electron chi connectivity index (χ1n) is 8.91. The zero-order valence-electron chi connectivity index (χ0n) is 15.4. The average molecular weight is 360 g/mol. The van der Waals surface area contributed by atoms with Gasteiger partial charge in [-0.25, -0.2) is 4.79 Å². The Balaban J connectivity index is 1.74. The van der Waals surface area contributed by atoms with Crippen LogP contribution in [0.5, 0.6) is 5.75 Å². The first-order valence-corrected chi connectivity index (χ1v) is 8.91. The van der Waals surface area contributed by atoms with Gasteiger partial charge >= 0.3 is 5.97 Å². The summed E-state index contributed by atoms with van der Waals surface area (Å²) in [5, 5.41) is 0. The van der Waals surface area contributed by atoms with Crippen molar-refractivity contribution in [3.63, 3.8) is 0 Å². The van der Waals surface area contributed by atoms with E-state index in [-0.39, 0.29) is 5.97 Å². The molecule has 0 N–H and O–H groups in total. The summed E-state index contributed by atoms with van der Waals surface area (Å²) in [6.45, 7) is 0. The van der Waals surface area contributed by atoms with Crippen LogP contribution in [0.3, 0.4) is 0 Å². The number of hydrogen-bond acceptors (Lipinski definition) is 5. The first kappa shape index (κ1) is 17.2. The summed E-state index contributed by atoms with van der Waals surface area (Å²) in [7, 11) is 3.03. The largest absolute Gasteiger partial charge is 0.497 e. The Bertz CT molecular complexity index is 980. The molecule has 2 heterocycles. The van der Waals surface area contributed by atoms with E-state index in [4.69, 9.17) is 14.5 Å². The molecule has 27 heavy (non-hydrogen) atoms. The molecule has 0 amide bonds. The molecule has 4 rings (SSSR count). The van der Waals surface area contributed by atoms with E-state index in [1.807, 2.05) is 24.4 Å². The fourth-order valence-electron chi connectivity index (χ4n) is 3.60. The minimum atomic E-state index is -0.387. The summed E-state index contributed by atoms with van der Waals surface area (Å²) >= 11 is 0. The van der Waals surface area contributed by atoms with E-state index in [2.05, 4.69) is 17.1 Å². The number of aromatic nitrogens is 2. The van der Waals surface area contributed by atoms with Gasteiger partial charge in [-0.1, -0.05) is 12.1 Å². The van der Waals surface area contributed by atoms with Crippen molar-refractivity contribution in [2.75, 3.05) is 14.2 Å². The minimum Gasteiger partial charge on any atom is -0.497 e. The van der Waals surface area contributed by atoms with Gasteiger partial charge in [0.1, 0.15) is 5.75 Å². The number of carbonyl (C=O) groups is 1. The van der Waals surface area contributed by atoms with Crippen LogP contribution in [0, 0.1) is 0 Å². The second kappa shape index (κ2) is 7.19. The van der Waals surface area contributed by atoms with Crippen LogP contribution in [0.25, 0.3) is 22.5 Å². The van der Waals surface area contributed by atoms with E-state index in [0.29, 0.717) is 5.56 Å². The lowest BCUT2D eigenvalue weighted by atomic mass is 9.97. The lowest BCUT2D eigenvalue weighted by Gasteiger charge is -2.13. The van der Waals surface area contributed by atoms with Crippen LogP contribution in [0.2, 0.25) is 0 Å². The third-order valence-corrected chi connectivity index (χ3v) is 4.98. The number of carbonyl (C=O) groups excluding carboxylic acids is 1. The highest BCUT2D eigenvalue weighted by atomic mass is 16.5. The maximum Gasteiger partial charge on any atom is 0.339 e. The standard InChI is InChI=1S/C22H20N2O3/c1-26-16-9-6-14(7-10-16)19-13-24-21(18-5-3-4-17(18)19)20-11-8-15(12-23-20)22(25)27-2/h6-13H,3-5H2,1-2H3. The Morgan fingerprint density at radius 2 is 1.70 bits per heavy atom. The molecule has 0 aliphatic heterocycles. The predicted molar refractivity (Wildman–Crippen MR) is 103 cm³/mol. The molecule has 0 atom stereocenters. The van der Waals surface area contributed by atoms with E-state index in [1.165, 1.54) is 23.8 Å². The highest BCUT2D eigenvalue weighted by Gasteiger charge is 2.22. The lowest BCUT2D eigenvalue weighted by molar-refractivity contribution is 0.0600. The maximum atomic E-state index is 11.6. The molecule has 136 valence electrons. The molecule has 5 heteroatoms. The molecule has 0 bridgehead atoms. The van der Waals surface area contributed by atoms with Crippen molar-refractivity contribution in [2.24, 2.45) is 0 Å². The number of pyridine rings is 2. The Morgan fingerprint density at radius 3 is 2.37 bits per heavy atom. The SMILES string of the molecule is COC(=O)c1ccc(-c2ncc(-c3ccc(OC)cc3)c3c2CCC3)nc1. The van der Waals surface area contributed by atoms with Crippen molar-refractivity contribution in [2.45, 2.75) is 19.3 Å². The number of benzene rings is 1. The summed E-state index contributed by atoms with van der Waals surface area (Å²) in [6.07, 6.45) is 6.60. The molecule has 1 aromatic carbocycles. The summed E-state index contributed by atoms with van der Waals surface area (Å²) in [5.74, 6) is 0.456. The maximum absolute atomic E-state index is 11.6. The van der Waals surface area contributed by atoms with Crippen LogP contribution in [0.15, 0.2) is 48.8 Å². The highest BCUT2D eigenvalue weighted by Crippen LogP contribution is 2.37. The van der Waals surface area contributed by atoms with Gasteiger partial charge in [0.05, 0.1) is 31.2 Å². The van der Waals surface area contributed by atoms with Gasteiger partial charge in [0.25, 0.3) is 0 Å². The smallest absolute Gasteiger partial charge is 0.339 e. The molecule has 1 aliphatic rings. The van der Waals surface area contributed by atoms with Gasteiger partial charge < -0.3 is 9.47 Å². The number of nitrogens with zero attached hydrogens (tertiary/aromatic N) is 2. The van der Waals surface area contributed by atoms with Crippen molar-refractivity contribution in [1.82, 2.24) is 9.97 Å². The number of fused-ring (bicyclic) bond motifs is 1. The van der Waals surface area contributed by atoms with E-state index in [0.717, 1.165) is 42.0 Å². The van der Waals surface area contributed by atoms with E-state index in [1.54, 1.807) is 19.4 Å². The molecule has 0 spiro atoms. The van der Waals surface area contributed by atoms with Gasteiger partial charge in [-0.05, 0) is 60.2 Å². The Hall–Kier alpha value is -3.21. The zero-order valence-corrected chi connectivity index (χ0v) is 15.4. The van der Waals surface area contributed by atoms with Crippen LogP contribution < -0.4 is 4.74 Å². The van der Waals surface area contributed by atoms with Crippen molar-refractivity contribution in [1.29, 1.82) is 0 Å². The van der Waals surface area contributed by atoms with Crippen LogP contribution >= 0.6 is 0 Å². The quantitative estimate of drug-likeness (QED) is 0.656. The second-order valence-electron chi connectivity index (χ2n) is 6.48. The monoisotopic (exact) mass is 360 g/mol. The number of methoxy groups -OCH3 is 2. The lowest BCUT2D eigenvalue weighted by Crippen LogP contribution is -2.03. The molecular weight excluding hydrogens is 340 g/mol. The Kier molecular flexibility index (Phi) is 4.59. The van der Waals surface area contributed by atoms with E-state index < -0.39 is 0 Å². The Labute approximate surface area is 158 Å². The van der Waals surface area contributed by atoms with Crippen molar-refractivity contribution < 1.29 is 14.3 Å². The molecule has 1 aliphatic carbocycles. The van der Waals surface area contributed by atoms with Gasteiger partial charge in [0.2, 0.25) is 0 Å². The number of rotatable bonds is 4. The first-order chi connectivity index (χ1) is 13.2. The van der Waals surface area contributed by atoms with E-state index in [9.17, 15) is 4.79 Å². The van der Waals surface area contributed by atoms with Gasteiger partial charge in [-0.2, -0.15) is 0 Å². The summed E-state index contributed by atoms with van der Waals surface area (Å²) in [4.78, 5) is 20.8. The van der Waals surface area contributed by atoms with Crippen molar-refractivity contribution in [3.05, 3.63) is 65.5 Å². The molecule has 2 aromatic heterocycles. The number of ether oxygens (including phenoxy) is 2. The molecule has 5 nitrogen and oxygen atoms in total. The molecule has 0 radical (unpaired) electrons.